The largest absolute Gasteiger partial charge is 0.354 e. The van der Waals surface area contributed by atoms with Crippen LogP contribution in [0.1, 0.15) is 16.8 Å². The van der Waals surface area contributed by atoms with E-state index in [0.29, 0.717) is 19.5 Å². The Bertz CT molecular complexity index is 576. The Morgan fingerprint density at radius 1 is 1.45 bits per heavy atom. The molecule has 1 N–H and O–H groups in total. The number of amides is 2. The van der Waals surface area contributed by atoms with Crippen LogP contribution < -0.4 is 5.32 Å². The molecule has 0 spiro atoms. The van der Waals surface area contributed by atoms with Crippen LogP contribution in [-0.4, -0.2) is 41.3 Å². The Balaban J connectivity index is 2.31. The molecule has 1 saturated heterocycles. The summed E-state index contributed by atoms with van der Waals surface area (Å²) in [6, 6.07) is 4.05. The van der Waals surface area contributed by atoms with Crippen molar-refractivity contribution in [2.24, 2.45) is 0 Å². The van der Waals surface area contributed by atoms with Crippen molar-refractivity contribution in [3.05, 3.63) is 38.9 Å². The average molecular weight is 298 g/mol. The summed E-state index contributed by atoms with van der Waals surface area (Å²) in [6.45, 7) is 0.833. The van der Waals surface area contributed by atoms with E-state index in [1.165, 1.54) is 23.1 Å². The molecule has 1 aromatic carbocycles. The van der Waals surface area contributed by atoms with Gasteiger partial charge in [0.05, 0.1) is 17.0 Å². The zero-order chi connectivity index (χ0) is 14.7. The lowest BCUT2D eigenvalue weighted by molar-refractivity contribution is -0.384. The molecule has 8 heteroatoms. The van der Waals surface area contributed by atoms with Crippen LogP contribution in [0.5, 0.6) is 0 Å². The van der Waals surface area contributed by atoms with E-state index in [1.54, 1.807) is 0 Å². The molecule has 0 aromatic heterocycles. The smallest absolute Gasteiger partial charge is 0.288 e. The Morgan fingerprint density at radius 3 is 2.90 bits per heavy atom. The molecule has 0 atom stereocenters. The first-order valence-electron chi connectivity index (χ1n) is 5.99. The Hall–Kier alpha value is -2.15. The highest BCUT2D eigenvalue weighted by atomic mass is 35.5. The third-order valence-electron chi connectivity index (χ3n) is 2.95. The van der Waals surface area contributed by atoms with Gasteiger partial charge in [0, 0.05) is 19.2 Å². The fraction of sp³-hybridized carbons (Fsp3) is 0.333. The molecule has 1 heterocycles. The predicted molar refractivity (Wildman–Crippen MR) is 71.6 cm³/mol. The Morgan fingerprint density at radius 2 is 2.20 bits per heavy atom. The number of carbonyl (C=O) groups excluding carboxylic acids is 2. The van der Waals surface area contributed by atoms with Crippen LogP contribution in [0.4, 0.5) is 5.69 Å². The first-order valence-corrected chi connectivity index (χ1v) is 6.37. The van der Waals surface area contributed by atoms with E-state index in [4.69, 9.17) is 11.6 Å². The maximum absolute atomic E-state index is 12.3. The maximum Gasteiger partial charge on any atom is 0.288 e. The van der Waals surface area contributed by atoms with E-state index in [-0.39, 0.29) is 28.7 Å². The summed E-state index contributed by atoms with van der Waals surface area (Å²) in [6.07, 6.45) is 0.629. The predicted octanol–water partition coefficient (Wildman–Crippen LogP) is 1.21. The normalized spacial score (nSPS) is 15.4. The van der Waals surface area contributed by atoms with Gasteiger partial charge in [0.15, 0.2) is 0 Å². The third kappa shape index (κ3) is 2.88. The van der Waals surface area contributed by atoms with Gasteiger partial charge in [-0.2, -0.15) is 0 Å². The van der Waals surface area contributed by atoms with Crippen LogP contribution in [0.25, 0.3) is 0 Å². The van der Waals surface area contributed by atoms with Crippen molar-refractivity contribution >= 4 is 29.1 Å². The van der Waals surface area contributed by atoms with Crippen LogP contribution in [0.3, 0.4) is 0 Å². The van der Waals surface area contributed by atoms with Gasteiger partial charge in [0.25, 0.3) is 11.6 Å². The number of carbonyl (C=O) groups is 2. The van der Waals surface area contributed by atoms with Crippen LogP contribution in [0.2, 0.25) is 5.02 Å². The standard InChI is InChI=1S/C12H12ClN3O4/c13-11-8(3-1-4-9(11)16(19)20)12(18)15-6-2-5-14-10(17)7-15/h1,3-4H,2,5-7H2,(H,14,17). The van der Waals surface area contributed by atoms with Gasteiger partial charge < -0.3 is 10.2 Å². The number of hydrogen-bond acceptors (Lipinski definition) is 4. The van der Waals surface area contributed by atoms with E-state index < -0.39 is 10.8 Å². The van der Waals surface area contributed by atoms with E-state index >= 15 is 0 Å². The SMILES string of the molecule is O=C1CN(C(=O)c2cccc([N+](=O)[O-])c2Cl)CCCN1. The van der Waals surface area contributed by atoms with E-state index in [2.05, 4.69) is 5.32 Å². The topological polar surface area (TPSA) is 92.5 Å². The summed E-state index contributed by atoms with van der Waals surface area (Å²) in [4.78, 5) is 35.3. The van der Waals surface area contributed by atoms with Gasteiger partial charge in [-0.15, -0.1) is 0 Å². The number of nitro benzene ring substituents is 1. The minimum Gasteiger partial charge on any atom is -0.354 e. The number of hydrogen-bond donors (Lipinski definition) is 1. The second-order valence-electron chi connectivity index (χ2n) is 4.33. The fourth-order valence-electron chi connectivity index (χ4n) is 1.98. The van der Waals surface area contributed by atoms with Crippen LogP contribution in [0, 0.1) is 10.1 Å². The molecular formula is C12H12ClN3O4. The number of nitrogens with zero attached hydrogens (tertiary/aromatic N) is 2. The first-order chi connectivity index (χ1) is 9.50. The number of nitrogens with one attached hydrogen (secondary N) is 1. The highest BCUT2D eigenvalue weighted by Crippen LogP contribution is 2.28. The van der Waals surface area contributed by atoms with E-state index in [1.807, 2.05) is 0 Å². The maximum atomic E-state index is 12.3. The van der Waals surface area contributed by atoms with Crippen molar-refractivity contribution in [3.63, 3.8) is 0 Å². The number of halogens is 1. The summed E-state index contributed by atoms with van der Waals surface area (Å²) in [7, 11) is 0. The van der Waals surface area contributed by atoms with E-state index in [0.717, 1.165) is 0 Å². The monoisotopic (exact) mass is 297 g/mol. The molecule has 0 saturated carbocycles. The first kappa shape index (κ1) is 14.3. The molecule has 1 aliphatic rings. The van der Waals surface area contributed by atoms with Gasteiger partial charge in [-0.05, 0) is 12.5 Å². The number of nitro groups is 1. The lowest BCUT2D eigenvalue weighted by Gasteiger charge is -2.19. The highest BCUT2D eigenvalue weighted by molar-refractivity contribution is 6.35. The summed E-state index contributed by atoms with van der Waals surface area (Å²) in [5.41, 5.74) is -0.285. The van der Waals surface area contributed by atoms with Gasteiger partial charge in [-0.1, -0.05) is 17.7 Å². The Kier molecular flexibility index (Phi) is 4.19. The molecule has 0 bridgehead atoms. The molecule has 106 valence electrons. The van der Waals surface area contributed by atoms with Gasteiger partial charge >= 0.3 is 0 Å². The molecule has 1 aliphatic heterocycles. The molecule has 20 heavy (non-hydrogen) atoms. The minimum atomic E-state index is -0.645. The van der Waals surface area contributed by atoms with Crippen molar-refractivity contribution in [1.29, 1.82) is 0 Å². The average Bonchev–Trinajstić information content (AvgIpc) is 2.62. The highest BCUT2D eigenvalue weighted by Gasteiger charge is 2.26. The van der Waals surface area contributed by atoms with Crippen LogP contribution >= 0.6 is 11.6 Å². The van der Waals surface area contributed by atoms with Crippen molar-refractivity contribution in [2.45, 2.75) is 6.42 Å². The number of benzene rings is 1. The lowest BCUT2D eigenvalue weighted by atomic mass is 10.1. The molecule has 2 amide bonds. The summed E-state index contributed by atoms with van der Waals surface area (Å²) >= 11 is 5.91. The molecule has 1 fully saturated rings. The number of rotatable bonds is 2. The van der Waals surface area contributed by atoms with Crippen LogP contribution in [-0.2, 0) is 4.79 Å². The summed E-state index contributed by atoms with van der Waals surface area (Å²) in [5.74, 6) is -0.729. The van der Waals surface area contributed by atoms with E-state index in [9.17, 15) is 19.7 Å². The van der Waals surface area contributed by atoms with Gasteiger partial charge in [-0.25, -0.2) is 0 Å². The van der Waals surface area contributed by atoms with Gasteiger partial charge in [0.2, 0.25) is 5.91 Å². The second-order valence-corrected chi connectivity index (χ2v) is 4.70. The van der Waals surface area contributed by atoms with Crippen molar-refractivity contribution in [3.8, 4) is 0 Å². The lowest BCUT2D eigenvalue weighted by Crippen LogP contribution is -2.37. The quantitative estimate of drug-likeness (QED) is 0.656. The summed E-state index contributed by atoms with van der Waals surface area (Å²) in [5, 5.41) is 13.3. The zero-order valence-corrected chi connectivity index (χ0v) is 11.2. The van der Waals surface area contributed by atoms with Crippen LogP contribution in [0.15, 0.2) is 18.2 Å². The molecule has 0 unspecified atom stereocenters. The zero-order valence-electron chi connectivity index (χ0n) is 10.5. The van der Waals surface area contributed by atoms with Crippen molar-refractivity contribution in [1.82, 2.24) is 10.2 Å². The second kappa shape index (κ2) is 5.87. The van der Waals surface area contributed by atoms with Gasteiger partial charge in [0.1, 0.15) is 5.02 Å². The molecule has 1 aromatic rings. The molecular weight excluding hydrogens is 286 g/mol. The van der Waals surface area contributed by atoms with Crippen molar-refractivity contribution < 1.29 is 14.5 Å². The fourth-order valence-corrected chi connectivity index (χ4v) is 2.25. The molecule has 0 radical (unpaired) electrons. The summed E-state index contributed by atoms with van der Waals surface area (Å²) < 4.78 is 0. The molecule has 0 aliphatic carbocycles. The van der Waals surface area contributed by atoms with Gasteiger partial charge in [-0.3, -0.25) is 19.7 Å². The molecule has 2 rings (SSSR count). The van der Waals surface area contributed by atoms with Crippen molar-refractivity contribution in [2.75, 3.05) is 19.6 Å². The molecule has 7 nitrogen and oxygen atoms in total. The minimum absolute atomic E-state index is 0.0376. The third-order valence-corrected chi connectivity index (χ3v) is 3.35. The Labute approximate surface area is 119 Å².